The molecule has 0 N–H and O–H groups in total. The molecular formula is C16H24N4O3. The largest absolute Gasteiger partial charge is 0.481 e. The van der Waals surface area contributed by atoms with Crippen LogP contribution in [0.25, 0.3) is 0 Å². The molecule has 0 spiro atoms. The number of nitrogens with zero attached hydrogens (tertiary/aromatic N) is 4. The second kappa shape index (κ2) is 7.59. The molecular weight excluding hydrogens is 296 g/mol. The number of ether oxygens (including phenoxy) is 2. The number of anilines is 1. The molecule has 1 amide bonds. The van der Waals surface area contributed by atoms with E-state index >= 15 is 0 Å². The maximum absolute atomic E-state index is 12.3. The van der Waals surface area contributed by atoms with Crippen molar-refractivity contribution in [2.75, 3.05) is 51.4 Å². The van der Waals surface area contributed by atoms with Gasteiger partial charge in [-0.15, -0.1) is 0 Å². The summed E-state index contributed by atoms with van der Waals surface area (Å²) in [6.07, 6.45) is 4.22. The summed E-state index contributed by atoms with van der Waals surface area (Å²) in [4.78, 5) is 24.8. The second-order valence-electron chi connectivity index (χ2n) is 6.05. The third-order valence-corrected chi connectivity index (χ3v) is 4.60. The lowest BCUT2D eigenvalue weighted by Gasteiger charge is -2.34. The van der Waals surface area contributed by atoms with Gasteiger partial charge in [-0.25, -0.2) is 9.97 Å². The zero-order chi connectivity index (χ0) is 16.1. The highest BCUT2D eigenvalue weighted by molar-refractivity contribution is 5.76. The number of amides is 1. The Kier molecular flexibility index (Phi) is 5.27. The lowest BCUT2D eigenvalue weighted by atomic mass is 9.93. The van der Waals surface area contributed by atoms with Crippen LogP contribution in [0.3, 0.4) is 0 Å². The van der Waals surface area contributed by atoms with Gasteiger partial charge >= 0.3 is 0 Å². The molecule has 2 fully saturated rings. The predicted octanol–water partition coefficient (Wildman–Crippen LogP) is 0.950. The van der Waals surface area contributed by atoms with Gasteiger partial charge in [-0.3, -0.25) is 4.79 Å². The summed E-state index contributed by atoms with van der Waals surface area (Å²) in [6.45, 7) is 4.64. The molecule has 2 aliphatic rings. The van der Waals surface area contributed by atoms with Gasteiger partial charge in [-0.05, 0) is 18.8 Å². The van der Waals surface area contributed by atoms with Crippen molar-refractivity contribution in [1.29, 1.82) is 0 Å². The second-order valence-corrected chi connectivity index (χ2v) is 6.05. The Balaban J connectivity index is 1.49. The minimum atomic E-state index is 0.274. The lowest BCUT2D eigenvalue weighted by molar-refractivity contribution is -0.136. The normalized spacial score (nSPS) is 19.7. The van der Waals surface area contributed by atoms with Crippen LogP contribution < -0.4 is 9.64 Å². The van der Waals surface area contributed by atoms with E-state index in [1.165, 1.54) is 6.33 Å². The van der Waals surface area contributed by atoms with Crippen LogP contribution in [0.1, 0.15) is 19.3 Å². The maximum atomic E-state index is 12.3. The number of morpholine rings is 1. The Bertz CT molecular complexity index is 526. The minimum absolute atomic E-state index is 0.274. The van der Waals surface area contributed by atoms with Gasteiger partial charge in [0.25, 0.3) is 0 Å². The first-order valence-corrected chi connectivity index (χ1v) is 8.23. The average molecular weight is 320 g/mol. The Morgan fingerprint density at radius 1 is 1.26 bits per heavy atom. The van der Waals surface area contributed by atoms with Gasteiger partial charge in [0.05, 0.1) is 20.3 Å². The summed E-state index contributed by atoms with van der Waals surface area (Å²) in [6, 6.07) is 1.86. The summed E-state index contributed by atoms with van der Waals surface area (Å²) in [5.74, 6) is 2.22. The molecule has 23 heavy (non-hydrogen) atoms. The van der Waals surface area contributed by atoms with Crippen LogP contribution in [0.5, 0.6) is 5.88 Å². The summed E-state index contributed by atoms with van der Waals surface area (Å²) in [5.41, 5.74) is 0. The van der Waals surface area contributed by atoms with Crippen LogP contribution in [-0.2, 0) is 9.53 Å². The van der Waals surface area contributed by atoms with Crippen LogP contribution in [0.15, 0.2) is 12.4 Å². The van der Waals surface area contributed by atoms with E-state index in [1.807, 2.05) is 11.0 Å². The molecule has 1 aromatic heterocycles. The lowest BCUT2D eigenvalue weighted by Crippen LogP contribution is -2.42. The van der Waals surface area contributed by atoms with Gasteiger partial charge in [0.1, 0.15) is 12.1 Å². The molecule has 7 heteroatoms. The van der Waals surface area contributed by atoms with Crippen LogP contribution in [0.2, 0.25) is 0 Å². The van der Waals surface area contributed by atoms with E-state index in [9.17, 15) is 4.79 Å². The molecule has 0 aliphatic carbocycles. The van der Waals surface area contributed by atoms with Gasteiger partial charge < -0.3 is 19.3 Å². The highest BCUT2D eigenvalue weighted by atomic mass is 16.5. The fraction of sp³-hybridized carbons (Fsp3) is 0.688. The smallest absolute Gasteiger partial charge is 0.223 e. The van der Waals surface area contributed by atoms with E-state index in [0.717, 1.165) is 44.8 Å². The number of piperidine rings is 1. The monoisotopic (exact) mass is 320 g/mol. The van der Waals surface area contributed by atoms with Crippen LogP contribution in [0, 0.1) is 5.92 Å². The van der Waals surface area contributed by atoms with Crippen molar-refractivity contribution < 1.29 is 14.3 Å². The Hall–Kier alpha value is -1.89. The van der Waals surface area contributed by atoms with Crippen LogP contribution in [-0.4, -0.2) is 67.3 Å². The van der Waals surface area contributed by atoms with E-state index in [1.54, 1.807) is 7.11 Å². The molecule has 1 aromatic rings. The molecule has 2 aliphatic heterocycles. The molecule has 0 saturated carbocycles. The first-order valence-electron chi connectivity index (χ1n) is 8.23. The summed E-state index contributed by atoms with van der Waals surface area (Å²) in [5, 5.41) is 0. The number of hydrogen-bond acceptors (Lipinski definition) is 6. The van der Waals surface area contributed by atoms with Crippen molar-refractivity contribution in [2.45, 2.75) is 19.3 Å². The Labute approximate surface area is 136 Å². The molecule has 0 radical (unpaired) electrons. The molecule has 3 rings (SSSR count). The molecule has 2 saturated heterocycles. The average Bonchev–Trinajstić information content (AvgIpc) is 2.63. The van der Waals surface area contributed by atoms with Gasteiger partial charge in [-0.1, -0.05) is 0 Å². The van der Waals surface area contributed by atoms with Gasteiger partial charge in [0, 0.05) is 38.7 Å². The van der Waals surface area contributed by atoms with Crippen molar-refractivity contribution in [3.8, 4) is 5.88 Å². The first-order chi connectivity index (χ1) is 11.3. The highest BCUT2D eigenvalue weighted by Gasteiger charge is 2.25. The van der Waals surface area contributed by atoms with Crippen LogP contribution >= 0.6 is 0 Å². The maximum Gasteiger partial charge on any atom is 0.223 e. The highest BCUT2D eigenvalue weighted by Crippen LogP contribution is 2.25. The number of aromatic nitrogens is 2. The van der Waals surface area contributed by atoms with Crippen molar-refractivity contribution in [3.05, 3.63) is 12.4 Å². The number of methoxy groups -OCH3 is 1. The fourth-order valence-corrected chi connectivity index (χ4v) is 3.17. The molecule has 0 bridgehead atoms. The van der Waals surface area contributed by atoms with E-state index in [4.69, 9.17) is 9.47 Å². The topological polar surface area (TPSA) is 67.8 Å². The first kappa shape index (κ1) is 16.0. The SMILES string of the molecule is COc1cc(N2CCC(CC(=O)N3CCOCC3)CC2)ncn1. The molecule has 0 atom stereocenters. The fourth-order valence-electron chi connectivity index (χ4n) is 3.17. The van der Waals surface area contributed by atoms with Crippen molar-refractivity contribution in [1.82, 2.24) is 14.9 Å². The molecule has 0 aromatic carbocycles. The van der Waals surface area contributed by atoms with E-state index < -0.39 is 0 Å². The van der Waals surface area contributed by atoms with Gasteiger partial charge in [0.15, 0.2) is 0 Å². The van der Waals surface area contributed by atoms with Gasteiger partial charge in [-0.2, -0.15) is 0 Å². The quantitative estimate of drug-likeness (QED) is 0.823. The number of carbonyl (C=O) groups excluding carboxylic acids is 1. The zero-order valence-corrected chi connectivity index (χ0v) is 13.6. The Morgan fingerprint density at radius 3 is 2.70 bits per heavy atom. The number of rotatable bonds is 4. The third kappa shape index (κ3) is 4.10. The van der Waals surface area contributed by atoms with Crippen molar-refractivity contribution in [2.24, 2.45) is 5.92 Å². The predicted molar refractivity (Wildman–Crippen MR) is 85.5 cm³/mol. The van der Waals surface area contributed by atoms with E-state index in [0.29, 0.717) is 31.4 Å². The van der Waals surface area contributed by atoms with Crippen molar-refractivity contribution in [3.63, 3.8) is 0 Å². The molecule has 7 nitrogen and oxygen atoms in total. The zero-order valence-electron chi connectivity index (χ0n) is 13.6. The number of carbonyl (C=O) groups is 1. The summed E-state index contributed by atoms with van der Waals surface area (Å²) in [7, 11) is 1.61. The summed E-state index contributed by atoms with van der Waals surface area (Å²) < 4.78 is 10.4. The third-order valence-electron chi connectivity index (χ3n) is 4.60. The van der Waals surface area contributed by atoms with E-state index in [-0.39, 0.29) is 5.91 Å². The standard InChI is InChI=1S/C16H24N4O3/c1-22-15-11-14(17-12-18-15)19-4-2-13(3-5-19)10-16(21)20-6-8-23-9-7-20/h11-13H,2-10H2,1H3. The molecule has 126 valence electrons. The Morgan fingerprint density at radius 2 is 2.00 bits per heavy atom. The molecule has 0 unspecified atom stereocenters. The van der Waals surface area contributed by atoms with Crippen molar-refractivity contribution >= 4 is 11.7 Å². The molecule has 3 heterocycles. The number of hydrogen-bond donors (Lipinski definition) is 0. The van der Waals surface area contributed by atoms with E-state index in [2.05, 4.69) is 14.9 Å². The minimum Gasteiger partial charge on any atom is -0.481 e. The van der Waals surface area contributed by atoms with Crippen LogP contribution in [0.4, 0.5) is 5.82 Å². The van der Waals surface area contributed by atoms with Gasteiger partial charge in [0.2, 0.25) is 11.8 Å². The summed E-state index contributed by atoms with van der Waals surface area (Å²) >= 11 is 0.